The smallest absolute Gasteiger partial charge is 0.295 e. The highest BCUT2D eigenvalue weighted by Gasteiger charge is 2.25. The molecule has 1 saturated heterocycles. The second-order valence-electron chi connectivity index (χ2n) is 6.76. The van der Waals surface area contributed by atoms with Gasteiger partial charge in [-0.15, -0.1) is 0 Å². The molecule has 1 aliphatic heterocycles. The number of rotatable bonds is 6. The molecule has 2 aromatic carbocycles. The van der Waals surface area contributed by atoms with Gasteiger partial charge in [-0.2, -0.15) is 5.10 Å². The highest BCUT2D eigenvalue weighted by molar-refractivity contribution is 6.33. The summed E-state index contributed by atoms with van der Waals surface area (Å²) in [5.41, 5.74) is 4.56. The Balaban J connectivity index is 1.40. The molecule has 0 spiro atoms. The van der Waals surface area contributed by atoms with Gasteiger partial charge in [-0.25, -0.2) is 5.43 Å². The number of halogens is 2. The first-order chi connectivity index (χ1) is 13.1. The predicted molar refractivity (Wildman–Crippen MR) is 109 cm³/mol. The number of quaternary nitrogens is 2. The fourth-order valence-electron chi connectivity index (χ4n) is 3.24. The van der Waals surface area contributed by atoms with Crippen molar-refractivity contribution in [1.82, 2.24) is 5.43 Å². The van der Waals surface area contributed by atoms with Crippen molar-refractivity contribution in [2.45, 2.75) is 6.54 Å². The number of carbonyl (C=O) groups is 1. The Labute approximate surface area is 169 Å². The quantitative estimate of drug-likeness (QED) is 0.472. The van der Waals surface area contributed by atoms with E-state index in [1.54, 1.807) is 12.3 Å². The molecular formula is C20H24Cl2N4O+2. The average Bonchev–Trinajstić information content (AvgIpc) is 2.67. The van der Waals surface area contributed by atoms with E-state index < -0.39 is 0 Å². The molecule has 27 heavy (non-hydrogen) atoms. The fraction of sp³-hybridized carbons (Fsp3) is 0.300. The van der Waals surface area contributed by atoms with Crippen LogP contribution in [0.5, 0.6) is 0 Å². The van der Waals surface area contributed by atoms with Crippen molar-refractivity contribution >= 4 is 35.3 Å². The summed E-state index contributed by atoms with van der Waals surface area (Å²) in [4.78, 5) is 14.9. The van der Waals surface area contributed by atoms with Crippen molar-refractivity contribution in [3.63, 3.8) is 0 Å². The van der Waals surface area contributed by atoms with Crippen LogP contribution >= 0.6 is 23.2 Å². The summed E-state index contributed by atoms with van der Waals surface area (Å²) in [6.45, 7) is 5.33. The molecule has 142 valence electrons. The van der Waals surface area contributed by atoms with Gasteiger partial charge in [0.25, 0.3) is 5.91 Å². The minimum Gasteiger partial charge on any atom is -0.322 e. The first-order valence-electron chi connectivity index (χ1n) is 9.09. The third-order valence-electron chi connectivity index (χ3n) is 4.77. The van der Waals surface area contributed by atoms with E-state index in [2.05, 4.69) is 16.6 Å². The van der Waals surface area contributed by atoms with Crippen LogP contribution in [0.15, 0.2) is 53.6 Å². The lowest BCUT2D eigenvalue weighted by Gasteiger charge is -2.29. The summed E-state index contributed by atoms with van der Waals surface area (Å²) in [6, 6.07) is 15.4. The van der Waals surface area contributed by atoms with Crippen LogP contribution in [0.4, 0.5) is 0 Å². The number of benzene rings is 2. The monoisotopic (exact) mass is 406 g/mol. The molecule has 0 atom stereocenters. The number of amides is 1. The van der Waals surface area contributed by atoms with E-state index in [1.165, 1.54) is 15.4 Å². The molecule has 0 aliphatic carbocycles. The minimum absolute atomic E-state index is 0.0807. The maximum atomic E-state index is 12.1. The van der Waals surface area contributed by atoms with Crippen molar-refractivity contribution in [2.24, 2.45) is 5.10 Å². The SMILES string of the molecule is O=C(C[NH+]1CC[NH+](Cc2ccccc2Cl)CC1)NN=Cc1ccccc1Cl. The van der Waals surface area contributed by atoms with Crippen molar-refractivity contribution in [3.05, 3.63) is 69.7 Å². The van der Waals surface area contributed by atoms with Crippen molar-refractivity contribution in [3.8, 4) is 0 Å². The van der Waals surface area contributed by atoms with E-state index in [0.29, 0.717) is 11.6 Å². The Morgan fingerprint density at radius 1 is 0.963 bits per heavy atom. The largest absolute Gasteiger partial charge is 0.322 e. The van der Waals surface area contributed by atoms with Crippen LogP contribution in [0.3, 0.4) is 0 Å². The van der Waals surface area contributed by atoms with E-state index in [1.807, 2.05) is 36.4 Å². The first-order valence-corrected chi connectivity index (χ1v) is 9.84. The molecule has 1 amide bonds. The normalized spacial score (nSPS) is 19.9. The van der Waals surface area contributed by atoms with E-state index in [9.17, 15) is 4.79 Å². The summed E-state index contributed by atoms with van der Waals surface area (Å²) in [6.07, 6.45) is 1.57. The molecule has 5 nitrogen and oxygen atoms in total. The zero-order chi connectivity index (χ0) is 19.1. The molecule has 1 aliphatic rings. The van der Waals surface area contributed by atoms with Crippen LogP contribution in [0.2, 0.25) is 10.0 Å². The lowest BCUT2D eigenvalue weighted by molar-refractivity contribution is -1.02. The molecule has 1 heterocycles. The summed E-state index contributed by atoms with van der Waals surface area (Å²) < 4.78 is 0. The third-order valence-corrected chi connectivity index (χ3v) is 5.48. The number of carbonyl (C=O) groups excluding carboxylic acids is 1. The van der Waals surface area contributed by atoms with Gasteiger partial charge in [0, 0.05) is 21.2 Å². The van der Waals surface area contributed by atoms with Crippen LogP contribution in [-0.2, 0) is 11.3 Å². The number of nitrogens with zero attached hydrogens (tertiary/aromatic N) is 1. The Hall–Kier alpha value is -1.92. The van der Waals surface area contributed by atoms with Crippen LogP contribution in [-0.4, -0.2) is 44.8 Å². The molecule has 2 aromatic rings. The summed E-state index contributed by atoms with van der Waals surface area (Å²) in [5.74, 6) is -0.0807. The van der Waals surface area contributed by atoms with Crippen molar-refractivity contribution in [1.29, 1.82) is 0 Å². The Morgan fingerprint density at radius 3 is 2.30 bits per heavy atom. The molecule has 7 heteroatoms. The number of nitrogens with one attached hydrogen (secondary N) is 3. The van der Waals surface area contributed by atoms with E-state index in [0.717, 1.165) is 43.3 Å². The van der Waals surface area contributed by atoms with Gasteiger partial charge >= 0.3 is 0 Å². The zero-order valence-electron chi connectivity index (χ0n) is 15.1. The first kappa shape index (κ1) is 19.8. The summed E-state index contributed by atoms with van der Waals surface area (Å²) >= 11 is 12.3. The van der Waals surface area contributed by atoms with Crippen LogP contribution in [0.25, 0.3) is 0 Å². The van der Waals surface area contributed by atoms with Gasteiger partial charge < -0.3 is 9.80 Å². The summed E-state index contributed by atoms with van der Waals surface area (Å²) in [7, 11) is 0. The molecule has 0 unspecified atom stereocenters. The molecule has 0 bridgehead atoms. The van der Waals surface area contributed by atoms with E-state index >= 15 is 0 Å². The van der Waals surface area contributed by atoms with E-state index in [-0.39, 0.29) is 5.91 Å². The van der Waals surface area contributed by atoms with Crippen molar-refractivity contribution in [2.75, 3.05) is 32.7 Å². The number of hydrazone groups is 1. The maximum Gasteiger partial charge on any atom is 0.295 e. The third kappa shape index (κ3) is 6.04. The number of hydrogen-bond acceptors (Lipinski definition) is 2. The molecule has 3 N–H and O–H groups in total. The minimum atomic E-state index is -0.0807. The van der Waals surface area contributed by atoms with Gasteiger partial charge in [-0.1, -0.05) is 59.6 Å². The van der Waals surface area contributed by atoms with Gasteiger partial charge in [0.15, 0.2) is 6.54 Å². The zero-order valence-corrected chi connectivity index (χ0v) is 16.6. The number of hydrogen-bond donors (Lipinski definition) is 3. The Morgan fingerprint density at radius 2 is 1.59 bits per heavy atom. The van der Waals surface area contributed by atoms with Crippen molar-refractivity contribution < 1.29 is 14.6 Å². The number of piperazine rings is 1. The molecular weight excluding hydrogens is 383 g/mol. The lowest BCUT2D eigenvalue weighted by Crippen LogP contribution is -3.28. The molecule has 3 rings (SSSR count). The molecule has 0 aromatic heterocycles. The predicted octanol–water partition coefficient (Wildman–Crippen LogP) is 0.427. The molecule has 1 fully saturated rings. The van der Waals surface area contributed by atoms with Gasteiger partial charge in [0.1, 0.15) is 32.7 Å². The highest BCUT2D eigenvalue weighted by atomic mass is 35.5. The molecule has 0 radical (unpaired) electrons. The standard InChI is InChI=1S/C20H22Cl2N4O/c21-18-7-3-1-5-16(18)13-23-24-20(27)15-26-11-9-25(10-12-26)14-17-6-2-4-8-19(17)22/h1-8,13H,9-12,14-15H2,(H,24,27)/p+2. The Kier molecular flexibility index (Phi) is 7.24. The van der Waals surface area contributed by atoms with Crippen LogP contribution in [0.1, 0.15) is 11.1 Å². The maximum absolute atomic E-state index is 12.1. The van der Waals surface area contributed by atoms with E-state index in [4.69, 9.17) is 23.2 Å². The van der Waals surface area contributed by atoms with Gasteiger partial charge in [0.2, 0.25) is 0 Å². The summed E-state index contributed by atoms with van der Waals surface area (Å²) in [5, 5.41) is 5.45. The lowest BCUT2D eigenvalue weighted by atomic mass is 10.2. The van der Waals surface area contributed by atoms with Gasteiger partial charge in [-0.3, -0.25) is 4.79 Å². The molecule has 0 saturated carbocycles. The second kappa shape index (κ2) is 9.85. The van der Waals surface area contributed by atoms with Gasteiger partial charge in [-0.05, 0) is 12.1 Å². The highest BCUT2D eigenvalue weighted by Crippen LogP contribution is 2.13. The average molecular weight is 407 g/mol. The fourth-order valence-corrected chi connectivity index (χ4v) is 3.63. The second-order valence-corrected chi connectivity index (χ2v) is 7.57. The van der Waals surface area contributed by atoms with Gasteiger partial charge in [0.05, 0.1) is 6.21 Å². The van der Waals surface area contributed by atoms with Crippen LogP contribution < -0.4 is 15.2 Å². The van der Waals surface area contributed by atoms with Crippen LogP contribution in [0, 0.1) is 0 Å². The topological polar surface area (TPSA) is 50.3 Å². The Bertz CT molecular complexity index is 804.